The first kappa shape index (κ1) is 14.1. The Kier molecular flexibility index (Phi) is 4.51. The van der Waals surface area contributed by atoms with Gasteiger partial charge in [0.05, 0.1) is 0 Å². The molecule has 0 saturated carbocycles. The summed E-state index contributed by atoms with van der Waals surface area (Å²) in [5.74, 6) is 0.938. The van der Waals surface area contributed by atoms with Gasteiger partial charge in [-0.05, 0) is 44.5 Å². The number of rotatable bonds is 5. The van der Waals surface area contributed by atoms with Crippen LogP contribution < -0.4 is 4.74 Å². The molecule has 2 heterocycles. The number of benzene rings is 1. The van der Waals surface area contributed by atoms with Crippen LogP contribution in [0.3, 0.4) is 0 Å². The van der Waals surface area contributed by atoms with Gasteiger partial charge < -0.3 is 4.74 Å². The van der Waals surface area contributed by atoms with Crippen LogP contribution in [0.1, 0.15) is 18.5 Å². The third kappa shape index (κ3) is 3.42. The van der Waals surface area contributed by atoms with Gasteiger partial charge in [0.2, 0.25) is 0 Å². The predicted molar refractivity (Wildman–Crippen MR) is 85.6 cm³/mol. The zero-order valence-corrected chi connectivity index (χ0v) is 12.6. The number of aryl methyl sites for hydroxylation is 1. The van der Waals surface area contributed by atoms with E-state index >= 15 is 0 Å². The molecule has 0 unspecified atom stereocenters. The normalized spacial score (nSPS) is 15.3. The summed E-state index contributed by atoms with van der Waals surface area (Å²) in [7, 11) is 0. The Labute approximate surface area is 126 Å². The molecule has 0 N–H and O–H groups in total. The molecule has 0 bridgehead atoms. The van der Waals surface area contributed by atoms with Crippen LogP contribution in [0.25, 0.3) is 11.1 Å². The summed E-state index contributed by atoms with van der Waals surface area (Å²) in [6.07, 6.45) is 4.47. The fourth-order valence-corrected chi connectivity index (χ4v) is 2.91. The van der Waals surface area contributed by atoms with Crippen LogP contribution in [0.4, 0.5) is 0 Å². The molecule has 1 aliphatic rings. The molecule has 1 aromatic heterocycles. The van der Waals surface area contributed by atoms with Gasteiger partial charge in [0.25, 0.3) is 0 Å². The van der Waals surface area contributed by atoms with Crippen molar-refractivity contribution < 1.29 is 4.74 Å². The van der Waals surface area contributed by atoms with Gasteiger partial charge in [0.15, 0.2) is 0 Å². The highest BCUT2D eigenvalue weighted by atomic mass is 16.5. The third-order valence-corrected chi connectivity index (χ3v) is 4.03. The van der Waals surface area contributed by atoms with Crippen molar-refractivity contribution in [2.75, 3.05) is 26.2 Å². The largest absolute Gasteiger partial charge is 0.491 e. The second-order valence-corrected chi connectivity index (χ2v) is 5.53. The number of hydrogen-bond acceptors (Lipinski definition) is 3. The van der Waals surface area contributed by atoms with Crippen LogP contribution in [0, 0.1) is 6.92 Å². The van der Waals surface area contributed by atoms with Gasteiger partial charge in [-0.3, -0.25) is 9.88 Å². The maximum atomic E-state index is 6.05. The zero-order chi connectivity index (χ0) is 14.5. The molecule has 1 saturated heterocycles. The lowest BCUT2D eigenvalue weighted by atomic mass is 10.0. The molecular weight excluding hydrogens is 260 g/mol. The van der Waals surface area contributed by atoms with E-state index in [9.17, 15) is 0 Å². The number of likely N-dealkylation sites (tertiary alicyclic amines) is 1. The summed E-state index contributed by atoms with van der Waals surface area (Å²) in [6, 6.07) is 12.3. The van der Waals surface area contributed by atoms with Crippen molar-refractivity contribution in [2.45, 2.75) is 19.8 Å². The molecule has 0 radical (unpaired) electrons. The van der Waals surface area contributed by atoms with Gasteiger partial charge >= 0.3 is 0 Å². The molecular formula is C18H22N2O. The number of hydrogen-bond donors (Lipinski definition) is 0. The van der Waals surface area contributed by atoms with E-state index in [1.165, 1.54) is 31.5 Å². The van der Waals surface area contributed by atoms with E-state index in [2.05, 4.69) is 34.1 Å². The van der Waals surface area contributed by atoms with Crippen LogP contribution in [0.5, 0.6) is 5.75 Å². The molecule has 21 heavy (non-hydrogen) atoms. The van der Waals surface area contributed by atoms with Gasteiger partial charge in [0, 0.05) is 24.0 Å². The Hall–Kier alpha value is -1.87. The summed E-state index contributed by atoms with van der Waals surface area (Å²) in [5, 5.41) is 0. The Morgan fingerprint density at radius 2 is 1.86 bits per heavy atom. The van der Waals surface area contributed by atoms with Crippen LogP contribution >= 0.6 is 0 Å². The number of aromatic nitrogens is 1. The molecule has 0 atom stereocenters. The fraction of sp³-hybridized carbons (Fsp3) is 0.389. The summed E-state index contributed by atoms with van der Waals surface area (Å²) in [6.45, 7) is 6.21. The number of nitrogens with zero attached hydrogens (tertiary/aromatic N) is 2. The fourth-order valence-electron chi connectivity index (χ4n) is 2.91. The van der Waals surface area contributed by atoms with E-state index in [-0.39, 0.29) is 0 Å². The predicted octanol–water partition coefficient (Wildman–Crippen LogP) is 3.53. The van der Waals surface area contributed by atoms with Crippen LogP contribution in [0.15, 0.2) is 42.6 Å². The molecule has 1 fully saturated rings. The first-order valence-electron chi connectivity index (χ1n) is 7.71. The minimum atomic E-state index is 0.739. The lowest BCUT2D eigenvalue weighted by Crippen LogP contribution is -2.25. The lowest BCUT2D eigenvalue weighted by Gasteiger charge is -2.17. The summed E-state index contributed by atoms with van der Waals surface area (Å²) < 4.78 is 6.05. The molecule has 3 rings (SSSR count). The van der Waals surface area contributed by atoms with E-state index in [0.717, 1.165) is 30.2 Å². The average Bonchev–Trinajstić information content (AvgIpc) is 3.02. The highest BCUT2D eigenvalue weighted by Gasteiger charge is 2.13. The highest BCUT2D eigenvalue weighted by Crippen LogP contribution is 2.31. The van der Waals surface area contributed by atoms with Crippen molar-refractivity contribution in [2.24, 2.45) is 0 Å². The van der Waals surface area contributed by atoms with Crippen molar-refractivity contribution in [1.29, 1.82) is 0 Å². The maximum Gasteiger partial charge on any atom is 0.130 e. The van der Waals surface area contributed by atoms with Gasteiger partial charge in [-0.1, -0.05) is 30.3 Å². The molecule has 0 amide bonds. The first-order valence-corrected chi connectivity index (χ1v) is 7.71. The monoisotopic (exact) mass is 282 g/mol. The van der Waals surface area contributed by atoms with E-state index in [1.807, 2.05) is 25.3 Å². The van der Waals surface area contributed by atoms with E-state index in [1.54, 1.807) is 0 Å². The molecule has 3 nitrogen and oxygen atoms in total. The topological polar surface area (TPSA) is 25.4 Å². The highest BCUT2D eigenvalue weighted by molar-refractivity contribution is 5.72. The van der Waals surface area contributed by atoms with Crippen molar-refractivity contribution in [1.82, 2.24) is 9.88 Å². The summed E-state index contributed by atoms with van der Waals surface area (Å²) in [5.41, 5.74) is 3.29. The van der Waals surface area contributed by atoms with E-state index < -0.39 is 0 Å². The molecule has 110 valence electrons. The van der Waals surface area contributed by atoms with Crippen LogP contribution in [-0.2, 0) is 0 Å². The van der Waals surface area contributed by atoms with Gasteiger partial charge in [-0.2, -0.15) is 0 Å². The maximum absolute atomic E-state index is 6.05. The standard InChI is InChI=1S/C18H22N2O/c1-15-18(16-7-3-2-4-8-16)17(9-10-19-15)21-14-13-20-11-5-6-12-20/h2-4,7-10H,5-6,11-14H2,1H3. The first-order chi connectivity index (χ1) is 10.3. The van der Waals surface area contributed by atoms with Crippen LogP contribution in [0.2, 0.25) is 0 Å². The third-order valence-electron chi connectivity index (χ3n) is 4.03. The zero-order valence-electron chi connectivity index (χ0n) is 12.6. The summed E-state index contributed by atoms with van der Waals surface area (Å²) >= 11 is 0. The molecule has 0 spiro atoms. The van der Waals surface area contributed by atoms with Gasteiger partial charge in [0.1, 0.15) is 12.4 Å². The SMILES string of the molecule is Cc1nccc(OCCN2CCCC2)c1-c1ccccc1. The van der Waals surface area contributed by atoms with Gasteiger partial charge in [-0.15, -0.1) is 0 Å². The van der Waals surface area contributed by atoms with Crippen LogP contribution in [-0.4, -0.2) is 36.1 Å². The Bertz CT molecular complexity index is 577. The summed E-state index contributed by atoms with van der Waals surface area (Å²) in [4.78, 5) is 6.88. The minimum absolute atomic E-state index is 0.739. The second-order valence-electron chi connectivity index (χ2n) is 5.53. The molecule has 1 aromatic carbocycles. The number of ether oxygens (including phenoxy) is 1. The van der Waals surface area contributed by atoms with E-state index in [0.29, 0.717) is 0 Å². The molecule has 3 heteroatoms. The Morgan fingerprint density at radius 1 is 1.10 bits per heavy atom. The van der Waals surface area contributed by atoms with E-state index in [4.69, 9.17) is 4.74 Å². The molecule has 0 aliphatic carbocycles. The second kappa shape index (κ2) is 6.72. The number of pyridine rings is 1. The quantitative estimate of drug-likeness (QED) is 0.839. The van der Waals surface area contributed by atoms with Crippen molar-refractivity contribution in [3.63, 3.8) is 0 Å². The van der Waals surface area contributed by atoms with Crippen molar-refractivity contribution >= 4 is 0 Å². The van der Waals surface area contributed by atoms with Gasteiger partial charge in [-0.25, -0.2) is 0 Å². The minimum Gasteiger partial charge on any atom is -0.491 e. The Balaban J connectivity index is 1.74. The Morgan fingerprint density at radius 3 is 2.62 bits per heavy atom. The molecule has 2 aromatic rings. The van der Waals surface area contributed by atoms with Crippen molar-refractivity contribution in [3.05, 3.63) is 48.3 Å². The van der Waals surface area contributed by atoms with Crippen molar-refractivity contribution in [3.8, 4) is 16.9 Å². The molecule has 1 aliphatic heterocycles. The lowest BCUT2D eigenvalue weighted by molar-refractivity contribution is 0.238. The smallest absolute Gasteiger partial charge is 0.130 e. The average molecular weight is 282 g/mol.